The number of pyridine rings is 1. The number of rotatable bonds is 2. The van der Waals surface area contributed by atoms with Crippen LogP contribution in [0.25, 0.3) is 22.6 Å². The molecule has 0 aliphatic carbocycles. The molecule has 0 saturated heterocycles. The van der Waals surface area contributed by atoms with Crippen LogP contribution in [0.5, 0.6) is 0 Å². The van der Waals surface area contributed by atoms with Gasteiger partial charge in [-0.3, -0.25) is 0 Å². The molecule has 0 spiro atoms. The second-order valence-electron chi connectivity index (χ2n) is 4.98. The van der Waals surface area contributed by atoms with Gasteiger partial charge in [-0.15, -0.1) is 0 Å². The smallest absolute Gasteiger partial charge is 0.180 e. The van der Waals surface area contributed by atoms with Gasteiger partial charge >= 0.3 is 0 Å². The normalized spacial score (nSPS) is 11.0. The first-order valence-corrected chi connectivity index (χ1v) is 7.14. The first-order valence-electron chi connectivity index (χ1n) is 6.35. The minimum atomic E-state index is 0.739. The minimum Gasteiger partial charge on any atom is -0.363 e. The van der Waals surface area contributed by atoms with Crippen molar-refractivity contribution < 1.29 is 0 Å². The highest BCUT2D eigenvalue weighted by molar-refractivity contribution is 9.10. The lowest BCUT2D eigenvalue weighted by Gasteiger charge is -2.09. The van der Waals surface area contributed by atoms with Crippen molar-refractivity contribution in [3.8, 4) is 11.4 Å². The number of hydrogen-bond donors (Lipinski definition) is 1. The van der Waals surface area contributed by atoms with Gasteiger partial charge in [0.25, 0.3) is 0 Å². The predicted molar refractivity (Wildman–Crippen MR) is 86.1 cm³/mol. The average molecular weight is 331 g/mol. The first kappa shape index (κ1) is 13.1. The molecule has 2 aromatic heterocycles. The van der Waals surface area contributed by atoms with E-state index in [4.69, 9.17) is 0 Å². The number of nitrogens with one attached hydrogen (secondary N) is 1. The van der Waals surface area contributed by atoms with E-state index in [-0.39, 0.29) is 0 Å². The predicted octanol–water partition coefficient (Wildman–Crippen LogP) is 3.76. The number of benzene rings is 1. The molecule has 3 aromatic rings. The molecule has 0 atom stereocenters. The molecule has 4 nitrogen and oxygen atoms in total. The molecule has 0 fully saturated rings. The Morgan fingerprint density at radius 2 is 1.90 bits per heavy atom. The van der Waals surface area contributed by atoms with Gasteiger partial charge in [0, 0.05) is 24.1 Å². The van der Waals surface area contributed by atoms with E-state index in [9.17, 15) is 0 Å². The molecule has 20 heavy (non-hydrogen) atoms. The summed E-state index contributed by atoms with van der Waals surface area (Å²) < 4.78 is 1.08. The van der Waals surface area contributed by atoms with Crippen LogP contribution in [0.3, 0.4) is 0 Å². The summed E-state index contributed by atoms with van der Waals surface area (Å²) in [6.07, 6.45) is 0. The molecule has 3 rings (SSSR count). The van der Waals surface area contributed by atoms with Crippen LogP contribution in [-0.2, 0) is 0 Å². The zero-order valence-electron chi connectivity index (χ0n) is 11.6. The van der Waals surface area contributed by atoms with E-state index < -0.39 is 0 Å². The van der Waals surface area contributed by atoms with Gasteiger partial charge in [0.05, 0.1) is 5.52 Å². The molecule has 0 unspecified atom stereocenters. The van der Waals surface area contributed by atoms with Gasteiger partial charge in [-0.05, 0) is 30.7 Å². The molecule has 1 aromatic carbocycles. The lowest BCUT2D eigenvalue weighted by Crippen LogP contribution is -2.10. The topological polar surface area (TPSA) is 44.8 Å². The number of aromatic amines is 1. The average Bonchev–Trinajstić information content (AvgIpc) is 2.84. The number of H-pyrrole nitrogens is 1. The Kier molecular flexibility index (Phi) is 3.22. The SMILES string of the molecule is Cc1ccc(-c2nc3nc(N(C)C)ccc3[nH]2)cc1Br. The number of aryl methyl sites for hydroxylation is 1. The Balaban J connectivity index is 2.10. The number of anilines is 1. The van der Waals surface area contributed by atoms with Gasteiger partial charge in [0.1, 0.15) is 11.6 Å². The Labute approximate surface area is 126 Å². The van der Waals surface area contributed by atoms with Gasteiger partial charge in [-0.25, -0.2) is 9.97 Å². The summed E-state index contributed by atoms with van der Waals surface area (Å²) in [5.41, 5.74) is 3.94. The maximum Gasteiger partial charge on any atom is 0.180 e. The van der Waals surface area contributed by atoms with Crippen molar-refractivity contribution in [1.29, 1.82) is 0 Å². The maximum atomic E-state index is 4.58. The van der Waals surface area contributed by atoms with Crippen molar-refractivity contribution in [2.75, 3.05) is 19.0 Å². The van der Waals surface area contributed by atoms with Crippen molar-refractivity contribution in [3.63, 3.8) is 0 Å². The largest absolute Gasteiger partial charge is 0.363 e. The van der Waals surface area contributed by atoms with Crippen molar-refractivity contribution in [2.45, 2.75) is 6.92 Å². The monoisotopic (exact) mass is 330 g/mol. The van der Waals surface area contributed by atoms with Crippen molar-refractivity contribution in [1.82, 2.24) is 15.0 Å². The molecule has 0 aliphatic rings. The van der Waals surface area contributed by atoms with E-state index >= 15 is 0 Å². The molecule has 2 heterocycles. The molecule has 0 amide bonds. The van der Waals surface area contributed by atoms with Gasteiger partial charge in [-0.1, -0.05) is 28.1 Å². The number of nitrogens with zero attached hydrogens (tertiary/aromatic N) is 3. The highest BCUT2D eigenvalue weighted by atomic mass is 79.9. The number of aromatic nitrogens is 3. The van der Waals surface area contributed by atoms with Crippen LogP contribution in [-0.4, -0.2) is 29.0 Å². The number of hydrogen-bond acceptors (Lipinski definition) is 3. The molecular weight excluding hydrogens is 316 g/mol. The minimum absolute atomic E-state index is 0.739. The van der Waals surface area contributed by atoms with E-state index in [0.717, 1.165) is 32.8 Å². The molecule has 0 aliphatic heterocycles. The molecule has 0 saturated carbocycles. The molecular formula is C15H15BrN4. The quantitative estimate of drug-likeness (QED) is 0.778. The van der Waals surface area contributed by atoms with Crippen LogP contribution in [0, 0.1) is 6.92 Å². The number of halogens is 1. The second-order valence-corrected chi connectivity index (χ2v) is 5.84. The number of fused-ring (bicyclic) bond motifs is 1. The van der Waals surface area contributed by atoms with Gasteiger partial charge in [0.2, 0.25) is 0 Å². The zero-order chi connectivity index (χ0) is 14.3. The summed E-state index contributed by atoms with van der Waals surface area (Å²) in [5.74, 6) is 1.74. The highest BCUT2D eigenvalue weighted by Crippen LogP contribution is 2.25. The van der Waals surface area contributed by atoms with Crippen LogP contribution in [0.2, 0.25) is 0 Å². The Bertz CT molecular complexity index is 777. The summed E-state index contributed by atoms with van der Waals surface area (Å²) in [5, 5.41) is 0. The van der Waals surface area contributed by atoms with Gasteiger partial charge in [0.15, 0.2) is 5.65 Å². The summed E-state index contributed by atoms with van der Waals surface area (Å²) >= 11 is 3.55. The van der Waals surface area contributed by atoms with Crippen LogP contribution < -0.4 is 4.90 Å². The second kappa shape index (κ2) is 4.90. The highest BCUT2D eigenvalue weighted by Gasteiger charge is 2.09. The molecule has 1 N–H and O–H groups in total. The van der Waals surface area contributed by atoms with E-state index in [1.807, 2.05) is 31.1 Å². The van der Waals surface area contributed by atoms with E-state index in [0.29, 0.717) is 0 Å². The molecule has 5 heteroatoms. The van der Waals surface area contributed by atoms with Gasteiger partial charge < -0.3 is 9.88 Å². The first-order chi connectivity index (χ1) is 9.54. The summed E-state index contributed by atoms with van der Waals surface area (Å²) in [7, 11) is 3.94. The molecule has 0 radical (unpaired) electrons. The van der Waals surface area contributed by atoms with Crippen LogP contribution in [0.15, 0.2) is 34.8 Å². The van der Waals surface area contributed by atoms with Crippen LogP contribution in [0.4, 0.5) is 5.82 Å². The van der Waals surface area contributed by atoms with E-state index in [1.165, 1.54) is 5.56 Å². The van der Waals surface area contributed by atoms with E-state index in [1.54, 1.807) is 0 Å². The lowest BCUT2D eigenvalue weighted by molar-refractivity contribution is 1.08. The Morgan fingerprint density at radius 1 is 1.10 bits per heavy atom. The summed E-state index contributed by atoms with van der Waals surface area (Å²) in [4.78, 5) is 14.4. The standard InChI is InChI=1S/C15H15BrN4/c1-9-4-5-10(8-11(9)16)14-17-12-6-7-13(20(2)3)18-15(12)19-14/h4-8H,1-3H3,(H,17,18,19). The fourth-order valence-corrected chi connectivity index (χ4v) is 2.39. The number of imidazole rings is 1. The maximum absolute atomic E-state index is 4.58. The van der Waals surface area contributed by atoms with Crippen molar-refractivity contribution >= 4 is 32.9 Å². The van der Waals surface area contributed by atoms with E-state index in [2.05, 4.69) is 56.0 Å². The Hall–Kier alpha value is -1.88. The van der Waals surface area contributed by atoms with Crippen molar-refractivity contribution in [2.24, 2.45) is 0 Å². The summed E-state index contributed by atoms with van der Waals surface area (Å²) in [6.45, 7) is 2.07. The van der Waals surface area contributed by atoms with Gasteiger partial charge in [-0.2, -0.15) is 0 Å². The molecule has 0 bridgehead atoms. The third-order valence-corrected chi connectivity index (χ3v) is 4.09. The van der Waals surface area contributed by atoms with Crippen LogP contribution >= 0.6 is 15.9 Å². The fraction of sp³-hybridized carbons (Fsp3) is 0.200. The Morgan fingerprint density at radius 3 is 2.60 bits per heavy atom. The zero-order valence-corrected chi connectivity index (χ0v) is 13.2. The fourth-order valence-electron chi connectivity index (χ4n) is 2.01. The van der Waals surface area contributed by atoms with Crippen LogP contribution in [0.1, 0.15) is 5.56 Å². The third kappa shape index (κ3) is 2.29. The van der Waals surface area contributed by atoms with Crippen molar-refractivity contribution in [3.05, 3.63) is 40.4 Å². The third-order valence-electron chi connectivity index (χ3n) is 3.23. The molecule has 102 valence electrons. The summed E-state index contributed by atoms with van der Waals surface area (Å²) in [6, 6.07) is 10.2. The lowest BCUT2D eigenvalue weighted by atomic mass is 10.1.